The molecule has 1 aliphatic heterocycles. The summed E-state index contributed by atoms with van der Waals surface area (Å²) >= 11 is 1.20. The number of para-hydroxylation sites is 1. The van der Waals surface area contributed by atoms with E-state index in [9.17, 15) is 14.0 Å². The molecule has 19 heavy (non-hydrogen) atoms. The van der Waals surface area contributed by atoms with E-state index < -0.39 is 17.0 Å². The van der Waals surface area contributed by atoms with Crippen molar-refractivity contribution < 1.29 is 14.0 Å². The maximum Gasteiger partial charge on any atom is 0.240 e. The molecule has 0 spiro atoms. The van der Waals surface area contributed by atoms with Gasteiger partial charge in [0.25, 0.3) is 0 Å². The molecule has 1 unspecified atom stereocenters. The number of aliphatic imine (C=N–C) groups is 1. The van der Waals surface area contributed by atoms with E-state index in [-0.39, 0.29) is 18.0 Å². The molecule has 100 valence electrons. The van der Waals surface area contributed by atoms with Gasteiger partial charge in [0.15, 0.2) is 5.17 Å². The fourth-order valence-electron chi connectivity index (χ4n) is 1.58. The van der Waals surface area contributed by atoms with E-state index in [2.05, 4.69) is 15.6 Å². The van der Waals surface area contributed by atoms with Crippen LogP contribution in [0.1, 0.15) is 6.42 Å². The van der Waals surface area contributed by atoms with Crippen LogP contribution in [0.25, 0.3) is 0 Å². The van der Waals surface area contributed by atoms with E-state index in [1.807, 2.05) is 0 Å². The first-order valence-corrected chi connectivity index (χ1v) is 6.47. The third-order valence-corrected chi connectivity index (χ3v) is 3.67. The second-order valence-corrected chi connectivity index (χ2v) is 5.05. The maximum atomic E-state index is 13.3. The van der Waals surface area contributed by atoms with Gasteiger partial charge in [0.05, 0.1) is 5.69 Å². The fourth-order valence-corrected chi connectivity index (χ4v) is 2.51. The zero-order valence-corrected chi connectivity index (χ0v) is 11.0. The Morgan fingerprint density at radius 2 is 2.26 bits per heavy atom. The summed E-state index contributed by atoms with van der Waals surface area (Å²) in [6.07, 6.45) is -0.0240. The molecule has 1 atom stereocenters. The topological polar surface area (TPSA) is 70.6 Å². The summed E-state index contributed by atoms with van der Waals surface area (Å²) in [7, 11) is 1.56. The molecule has 1 aromatic carbocycles. The Hall–Kier alpha value is -1.89. The molecule has 2 amide bonds. The highest BCUT2D eigenvalue weighted by atomic mass is 32.2. The Kier molecular flexibility index (Phi) is 4.16. The third kappa shape index (κ3) is 3.31. The number of carbonyl (C=O) groups excluding carboxylic acids is 2. The number of thioether (sulfide) groups is 1. The number of amidine groups is 1. The van der Waals surface area contributed by atoms with Crippen molar-refractivity contribution in [2.45, 2.75) is 11.7 Å². The molecule has 2 N–H and O–H groups in total. The number of halogens is 1. The van der Waals surface area contributed by atoms with Gasteiger partial charge in [0.2, 0.25) is 11.8 Å². The maximum absolute atomic E-state index is 13.3. The Bertz CT molecular complexity index is 548. The summed E-state index contributed by atoms with van der Waals surface area (Å²) in [4.78, 5) is 27.1. The lowest BCUT2D eigenvalue weighted by atomic mass is 10.2. The van der Waals surface area contributed by atoms with Gasteiger partial charge < -0.3 is 10.6 Å². The molecule has 2 rings (SSSR count). The number of hydrogen-bond donors (Lipinski definition) is 2. The second-order valence-electron chi connectivity index (χ2n) is 3.86. The van der Waals surface area contributed by atoms with Gasteiger partial charge in [-0.2, -0.15) is 0 Å². The molecule has 0 aliphatic carbocycles. The van der Waals surface area contributed by atoms with E-state index in [0.29, 0.717) is 5.17 Å². The predicted molar refractivity (Wildman–Crippen MR) is 72.5 cm³/mol. The summed E-state index contributed by atoms with van der Waals surface area (Å²) < 4.78 is 13.3. The first-order chi connectivity index (χ1) is 9.10. The number of nitrogens with zero attached hydrogens (tertiary/aromatic N) is 1. The number of nitrogens with one attached hydrogen (secondary N) is 2. The fraction of sp³-hybridized carbons (Fsp3) is 0.250. The minimum Gasteiger partial charge on any atom is -0.324 e. The van der Waals surface area contributed by atoms with Crippen molar-refractivity contribution in [3.8, 4) is 0 Å². The van der Waals surface area contributed by atoms with Gasteiger partial charge in [-0.3, -0.25) is 14.6 Å². The Balaban J connectivity index is 1.96. The Morgan fingerprint density at radius 1 is 1.53 bits per heavy atom. The van der Waals surface area contributed by atoms with Gasteiger partial charge in [0, 0.05) is 13.5 Å². The summed E-state index contributed by atoms with van der Waals surface area (Å²) in [6.45, 7) is 0. The number of carbonyl (C=O) groups is 2. The molecule has 7 heteroatoms. The molecule has 0 bridgehead atoms. The van der Waals surface area contributed by atoms with Crippen molar-refractivity contribution in [2.75, 3.05) is 12.4 Å². The van der Waals surface area contributed by atoms with Gasteiger partial charge in [-0.15, -0.1) is 0 Å². The van der Waals surface area contributed by atoms with Gasteiger partial charge in [-0.05, 0) is 12.1 Å². The van der Waals surface area contributed by atoms with Crippen molar-refractivity contribution in [2.24, 2.45) is 4.99 Å². The van der Waals surface area contributed by atoms with E-state index >= 15 is 0 Å². The van der Waals surface area contributed by atoms with Crippen molar-refractivity contribution in [3.63, 3.8) is 0 Å². The third-order valence-electron chi connectivity index (χ3n) is 2.50. The molecular formula is C12H12FN3O2S. The monoisotopic (exact) mass is 281 g/mol. The number of hydrogen-bond acceptors (Lipinski definition) is 4. The van der Waals surface area contributed by atoms with E-state index in [4.69, 9.17) is 0 Å². The smallest absolute Gasteiger partial charge is 0.240 e. The second kappa shape index (κ2) is 5.83. The highest BCUT2D eigenvalue weighted by molar-refractivity contribution is 8.15. The quantitative estimate of drug-likeness (QED) is 0.879. The van der Waals surface area contributed by atoms with Crippen molar-refractivity contribution in [1.82, 2.24) is 5.32 Å². The number of anilines is 1. The normalized spacial score (nSPS) is 20.4. The molecule has 1 aliphatic rings. The molecule has 0 saturated carbocycles. The zero-order valence-electron chi connectivity index (χ0n) is 10.1. The predicted octanol–water partition coefficient (Wildman–Crippen LogP) is 1.37. The van der Waals surface area contributed by atoms with Gasteiger partial charge in [-0.25, -0.2) is 4.39 Å². The molecule has 1 fully saturated rings. The average Bonchev–Trinajstić information content (AvgIpc) is 2.73. The number of amides is 2. The highest BCUT2D eigenvalue weighted by Gasteiger charge is 2.31. The lowest BCUT2D eigenvalue weighted by molar-refractivity contribution is -0.122. The number of benzene rings is 1. The van der Waals surface area contributed by atoms with Gasteiger partial charge in [-0.1, -0.05) is 23.9 Å². The molecule has 0 radical (unpaired) electrons. The van der Waals surface area contributed by atoms with Crippen LogP contribution in [0.4, 0.5) is 10.1 Å². The van der Waals surface area contributed by atoms with Crippen molar-refractivity contribution in [1.29, 1.82) is 0 Å². The standard InChI is InChI=1S/C12H12FN3O2S/c1-14-12-16-11(18)9(19-12)6-10(17)15-8-5-3-2-4-7(8)13/h2-5,9H,6H2,1H3,(H,15,17)(H,14,16,18). The van der Waals surface area contributed by atoms with Crippen LogP contribution < -0.4 is 10.6 Å². The molecule has 1 aromatic rings. The van der Waals surface area contributed by atoms with E-state index in [1.54, 1.807) is 13.1 Å². The first kappa shape index (κ1) is 13.5. The molecule has 5 nitrogen and oxygen atoms in total. The SMILES string of the molecule is CN=C1NC(=O)C(CC(=O)Nc2ccccc2F)S1. The molecule has 1 saturated heterocycles. The van der Waals surface area contributed by atoms with Crippen molar-refractivity contribution in [3.05, 3.63) is 30.1 Å². The Morgan fingerprint density at radius 3 is 2.89 bits per heavy atom. The Labute approximate surface area is 113 Å². The van der Waals surface area contributed by atoms with Gasteiger partial charge in [0.1, 0.15) is 11.1 Å². The largest absolute Gasteiger partial charge is 0.324 e. The molecular weight excluding hydrogens is 269 g/mol. The zero-order chi connectivity index (χ0) is 13.8. The minimum absolute atomic E-state index is 0.0240. The lowest BCUT2D eigenvalue weighted by Crippen LogP contribution is -2.28. The first-order valence-electron chi connectivity index (χ1n) is 5.59. The minimum atomic E-state index is -0.523. The van der Waals surface area contributed by atoms with E-state index in [1.165, 1.54) is 30.0 Å². The van der Waals surface area contributed by atoms with Crippen LogP contribution in [0.3, 0.4) is 0 Å². The number of rotatable bonds is 3. The van der Waals surface area contributed by atoms with Gasteiger partial charge >= 0.3 is 0 Å². The van der Waals surface area contributed by atoms with Crippen LogP contribution in [-0.4, -0.2) is 29.3 Å². The summed E-state index contributed by atoms with van der Waals surface area (Å²) in [5.41, 5.74) is 0.111. The molecule has 0 aromatic heterocycles. The van der Waals surface area contributed by atoms with Crippen LogP contribution >= 0.6 is 11.8 Å². The van der Waals surface area contributed by atoms with Crippen molar-refractivity contribution >= 4 is 34.4 Å². The molecule has 1 heterocycles. The summed E-state index contributed by atoms with van der Waals surface area (Å²) in [6, 6.07) is 5.88. The summed E-state index contributed by atoms with van der Waals surface area (Å²) in [5.74, 6) is -1.17. The highest BCUT2D eigenvalue weighted by Crippen LogP contribution is 2.23. The van der Waals surface area contributed by atoms with Crippen LogP contribution in [0.15, 0.2) is 29.3 Å². The van der Waals surface area contributed by atoms with Crippen LogP contribution in [0.2, 0.25) is 0 Å². The summed E-state index contributed by atoms with van der Waals surface area (Å²) in [5, 5.41) is 4.97. The van der Waals surface area contributed by atoms with Crippen LogP contribution in [0.5, 0.6) is 0 Å². The lowest BCUT2D eigenvalue weighted by Gasteiger charge is -2.07. The van der Waals surface area contributed by atoms with Crippen LogP contribution in [-0.2, 0) is 9.59 Å². The van der Waals surface area contributed by atoms with E-state index in [0.717, 1.165) is 0 Å². The average molecular weight is 281 g/mol. The van der Waals surface area contributed by atoms with Crippen LogP contribution in [0, 0.1) is 5.82 Å².